The van der Waals surface area contributed by atoms with Gasteiger partial charge >= 0.3 is 5.69 Å². The van der Waals surface area contributed by atoms with Crippen molar-refractivity contribution in [2.75, 3.05) is 7.11 Å². The first-order valence-electron chi connectivity index (χ1n) is 6.40. The van der Waals surface area contributed by atoms with Crippen molar-refractivity contribution in [1.29, 1.82) is 0 Å². The number of methoxy groups -OCH3 is 1. The number of phenolic OH excluding ortho intramolecular Hbond substituents is 1. The van der Waals surface area contributed by atoms with Gasteiger partial charge in [0.1, 0.15) is 0 Å². The fourth-order valence-electron chi connectivity index (χ4n) is 1.93. The van der Waals surface area contributed by atoms with Crippen LogP contribution in [0.4, 0.5) is 5.69 Å². The molecule has 3 rings (SSSR count). The van der Waals surface area contributed by atoms with Gasteiger partial charge in [-0.3, -0.25) is 10.1 Å². The number of aromatic nitrogens is 3. The molecule has 116 valence electrons. The Balaban J connectivity index is 1.95. The Morgan fingerprint density at radius 3 is 2.78 bits per heavy atom. The Labute approximate surface area is 129 Å². The Bertz CT molecular complexity index is 877. The first-order valence-corrected chi connectivity index (χ1v) is 6.40. The molecule has 0 aliphatic carbocycles. The summed E-state index contributed by atoms with van der Waals surface area (Å²) >= 11 is 0. The van der Waals surface area contributed by atoms with Crippen molar-refractivity contribution in [2.24, 2.45) is 0 Å². The van der Waals surface area contributed by atoms with E-state index in [1.165, 1.54) is 25.3 Å². The zero-order valence-electron chi connectivity index (χ0n) is 11.8. The quantitative estimate of drug-likeness (QED) is 0.575. The molecule has 3 aromatic rings. The maximum Gasteiger partial charge on any atom is 0.310 e. The Hall–Kier alpha value is -3.49. The molecular formula is C14H10N4O5. The summed E-state index contributed by atoms with van der Waals surface area (Å²) in [5.74, 6) is 0.360. The summed E-state index contributed by atoms with van der Waals surface area (Å²) in [4.78, 5) is 18.2. The number of phenols is 1. The van der Waals surface area contributed by atoms with Crippen LogP contribution in [0.5, 0.6) is 11.6 Å². The van der Waals surface area contributed by atoms with Gasteiger partial charge in [-0.15, -0.1) is 0 Å². The summed E-state index contributed by atoms with van der Waals surface area (Å²) < 4.78 is 10.2. The molecule has 2 aromatic heterocycles. The Morgan fingerprint density at radius 1 is 1.26 bits per heavy atom. The maximum atomic E-state index is 10.7. The van der Waals surface area contributed by atoms with E-state index in [4.69, 9.17) is 9.26 Å². The maximum absolute atomic E-state index is 10.7. The number of pyridine rings is 1. The minimum Gasteiger partial charge on any atom is -0.502 e. The van der Waals surface area contributed by atoms with Gasteiger partial charge in [-0.05, 0) is 18.2 Å². The zero-order chi connectivity index (χ0) is 16.4. The lowest BCUT2D eigenvalue weighted by atomic mass is 10.2. The third-order valence-corrected chi connectivity index (χ3v) is 3.05. The first-order chi connectivity index (χ1) is 11.1. The predicted molar refractivity (Wildman–Crippen MR) is 77.8 cm³/mol. The molecule has 0 saturated heterocycles. The van der Waals surface area contributed by atoms with Crippen molar-refractivity contribution in [3.8, 4) is 34.5 Å². The number of aromatic hydroxyl groups is 1. The number of hydrogen-bond acceptors (Lipinski definition) is 8. The van der Waals surface area contributed by atoms with Crippen LogP contribution in [0, 0.1) is 10.1 Å². The van der Waals surface area contributed by atoms with Crippen LogP contribution in [0.25, 0.3) is 22.8 Å². The smallest absolute Gasteiger partial charge is 0.310 e. The number of nitro groups is 1. The Kier molecular flexibility index (Phi) is 3.59. The van der Waals surface area contributed by atoms with Crippen LogP contribution in [0.15, 0.2) is 41.1 Å². The predicted octanol–water partition coefficient (Wildman–Crippen LogP) is 2.42. The highest BCUT2D eigenvalue weighted by Crippen LogP contribution is 2.31. The van der Waals surface area contributed by atoms with Crippen LogP contribution in [0.2, 0.25) is 0 Å². The van der Waals surface area contributed by atoms with E-state index in [9.17, 15) is 15.2 Å². The molecule has 0 bridgehead atoms. The van der Waals surface area contributed by atoms with Gasteiger partial charge in [0.2, 0.25) is 11.7 Å². The zero-order valence-corrected chi connectivity index (χ0v) is 11.8. The summed E-state index contributed by atoms with van der Waals surface area (Å²) in [6.45, 7) is 0. The number of nitro benzene ring substituents is 1. The highest BCUT2D eigenvalue weighted by atomic mass is 16.6. The minimum absolute atomic E-state index is 0.126. The third kappa shape index (κ3) is 2.79. The van der Waals surface area contributed by atoms with Crippen LogP contribution in [0.3, 0.4) is 0 Å². The van der Waals surface area contributed by atoms with E-state index in [-0.39, 0.29) is 5.89 Å². The molecule has 0 spiro atoms. The lowest BCUT2D eigenvalue weighted by Crippen LogP contribution is -1.89. The van der Waals surface area contributed by atoms with Gasteiger partial charge in [-0.1, -0.05) is 5.16 Å². The van der Waals surface area contributed by atoms with Gasteiger partial charge in [0.15, 0.2) is 5.75 Å². The summed E-state index contributed by atoms with van der Waals surface area (Å²) in [5.41, 5.74) is 0.609. The lowest BCUT2D eigenvalue weighted by Gasteiger charge is -1.99. The molecule has 0 fully saturated rings. The molecule has 0 saturated carbocycles. The number of benzene rings is 1. The molecule has 0 unspecified atom stereocenters. The average Bonchev–Trinajstić information content (AvgIpc) is 3.04. The van der Waals surface area contributed by atoms with Crippen LogP contribution in [0.1, 0.15) is 0 Å². The Morgan fingerprint density at radius 2 is 2.09 bits per heavy atom. The second-order valence-corrected chi connectivity index (χ2v) is 4.47. The standard InChI is InChI=1S/C14H10N4O5/c1-22-12-7-8(4-5-15-12)13-16-14(23-17-13)9-2-3-10(18(20)21)11(19)6-9/h2-7,19H,1H3. The molecule has 0 amide bonds. The summed E-state index contributed by atoms with van der Waals surface area (Å²) in [6, 6.07) is 7.11. The third-order valence-electron chi connectivity index (χ3n) is 3.05. The largest absolute Gasteiger partial charge is 0.502 e. The fourth-order valence-corrected chi connectivity index (χ4v) is 1.93. The van der Waals surface area contributed by atoms with Crippen LogP contribution >= 0.6 is 0 Å². The molecule has 0 atom stereocenters. The highest BCUT2D eigenvalue weighted by Gasteiger charge is 2.17. The second-order valence-electron chi connectivity index (χ2n) is 4.47. The number of nitrogens with zero attached hydrogens (tertiary/aromatic N) is 4. The molecule has 1 aromatic carbocycles. The molecule has 2 heterocycles. The van der Waals surface area contributed by atoms with Gasteiger partial charge < -0.3 is 14.4 Å². The van der Waals surface area contributed by atoms with Crippen molar-refractivity contribution in [2.45, 2.75) is 0 Å². The van der Waals surface area contributed by atoms with E-state index in [0.717, 1.165) is 0 Å². The molecule has 9 nitrogen and oxygen atoms in total. The van der Waals surface area contributed by atoms with E-state index < -0.39 is 16.4 Å². The van der Waals surface area contributed by atoms with E-state index in [0.29, 0.717) is 22.8 Å². The summed E-state index contributed by atoms with van der Waals surface area (Å²) in [7, 11) is 1.49. The van der Waals surface area contributed by atoms with E-state index in [1.54, 1.807) is 18.3 Å². The molecule has 0 aliphatic rings. The van der Waals surface area contributed by atoms with Gasteiger partial charge in [0, 0.05) is 29.5 Å². The molecule has 23 heavy (non-hydrogen) atoms. The van der Waals surface area contributed by atoms with E-state index in [2.05, 4.69) is 15.1 Å². The van der Waals surface area contributed by atoms with Gasteiger partial charge in [-0.25, -0.2) is 4.98 Å². The average molecular weight is 314 g/mol. The lowest BCUT2D eigenvalue weighted by molar-refractivity contribution is -0.385. The number of hydrogen-bond donors (Lipinski definition) is 1. The molecule has 0 radical (unpaired) electrons. The van der Waals surface area contributed by atoms with Gasteiger partial charge in [0.05, 0.1) is 12.0 Å². The van der Waals surface area contributed by atoms with Crippen LogP contribution in [-0.2, 0) is 0 Å². The topological polar surface area (TPSA) is 124 Å². The van der Waals surface area contributed by atoms with Gasteiger partial charge in [0.25, 0.3) is 5.89 Å². The van der Waals surface area contributed by atoms with Crippen molar-refractivity contribution in [1.82, 2.24) is 15.1 Å². The van der Waals surface area contributed by atoms with Crippen molar-refractivity contribution in [3.05, 3.63) is 46.6 Å². The summed E-state index contributed by atoms with van der Waals surface area (Å²) in [5, 5.41) is 24.2. The SMILES string of the molecule is COc1cc(-c2noc(-c3ccc([N+](=O)[O-])c(O)c3)n2)ccn1. The fraction of sp³-hybridized carbons (Fsp3) is 0.0714. The van der Waals surface area contributed by atoms with Crippen LogP contribution < -0.4 is 4.74 Å². The van der Waals surface area contributed by atoms with E-state index >= 15 is 0 Å². The van der Waals surface area contributed by atoms with Crippen molar-refractivity contribution >= 4 is 5.69 Å². The molecule has 0 aliphatic heterocycles. The second kappa shape index (κ2) is 5.72. The summed E-state index contributed by atoms with van der Waals surface area (Å²) in [6.07, 6.45) is 1.54. The molecule has 1 N–H and O–H groups in total. The monoisotopic (exact) mass is 314 g/mol. The number of rotatable bonds is 4. The normalized spacial score (nSPS) is 10.5. The first kappa shape index (κ1) is 14.4. The molecular weight excluding hydrogens is 304 g/mol. The van der Waals surface area contributed by atoms with Gasteiger partial charge in [-0.2, -0.15) is 4.98 Å². The van der Waals surface area contributed by atoms with Crippen molar-refractivity contribution < 1.29 is 19.3 Å². The van der Waals surface area contributed by atoms with Crippen LogP contribution in [-0.4, -0.2) is 32.3 Å². The molecule has 9 heteroatoms. The van der Waals surface area contributed by atoms with E-state index in [1.807, 2.05) is 0 Å². The van der Waals surface area contributed by atoms with Crippen molar-refractivity contribution in [3.63, 3.8) is 0 Å². The minimum atomic E-state index is -0.679. The highest BCUT2D eigenvalue weighted by molar-refractivity contribution is 5.64. The number of ether oxygens (including phenoxy) is 1.